The maximum absolute atomic E-state index is 12.6. The monoisotopic (exact) mass is 500 g/mol. The Hall–Kier alpha value is -3.11. The van der Waals surface area contributed by atoms with Crippen LogP contribution in [-0.4, -0.2) is 39.5 Å². The third-order valence-corrected chi connectivity index (χ3v) is 7.24. The van der Waals surface area contributed by atoms with E-state index in [0.717, 1.165) is 21.8 Å². The molecule has 0 bridgehead atoms. The highest BCUT2D eigenvalue weighted by Gasteiger charge is 2.22. The molecule has 0 spiro atoms. The number of nitrogens with zero attached hydrogens (tertiary/aromatic N) is 3. The van der Waals surface area contributed by atoms with Crippen LogP contribution in [0.5, 0.6) is 5.75 Å². The molecular formula is C24H28N4O4S2. The molecule has 0 atom stereocenters. The van der Waals surface area contributed by atoms with Crippen molar-refractivity contribution in [3.63, 3.8) is 0 Å². The summed E-state index contributed by atoms with van der Waals surface area (Å²) in [4.78, 5) is 25.7. The number of ether oxygens (including phenoxy) is 2. The van der Waals surface area contributed by atoms with Crippen molar-refractivity contribution in [1.82, 2.24) is 14.8 Å². The molecule has 0 saturated carbocycles. The molecule has 0 aliphatic carbocycles. The molecule has 0 unspecified atom stereocenters. The molecular weight excluding hydrogens is 472 g/mol. The number of nitrogens with one attached hydrogen (secondary N) is 1. The van der Waals surface area contributed by atoms with Crippen LogP contribution in [0.4, 0.5) is 5.00 Å². The number of aryl methyl sites for hydroxylation is 3. The fourth-order valence-electron chi connectivity index (χ4n) is 3.30. The van der Waals surface area contributed by atoms with E-state index in [4.69, 9.17) is 9.47 Å². The van der Waals surface area contributed by atoms with Gasteiger partial charge in [-0.05, 0) is 44.9 Å². The number of allylic oxidation sites excluding steroid dienone is 1. The van der Waals surface area contributed by atoms with E-state index in [1.807, 2.05) is 44.4 Å². The molecule has 180 valence electrons. The molecule has 8 nitrogen and oxygen atoms in total. The van der Waals surface area contributed by atoms with Crippen LogP contribution in [0.3, 0.4) is 0 Å². The van der Waals surface area contributed by atoms with Gasteiger partial charge >= 0.3 is 5.97 Å². The minimum atomic E-state index is -0.469. The zero-order valence-electron chi connectivity index (χ0n) is 19.9. The van der Waals surface area contributed by atoms with Gasteiger partial charge in [-0.3, -0.25) is 9.36 Å². The number of amides is 1. The van der Waals surface area contributed by atoms with Gasteiger partial charge in [0, 0.05) is 11.4 Å². The molecule has 0 aliphatic rings. The molecule has 34 heavy (non-hydrogen) atoms. The topological polar surface area (TPSA) is 95.3 Å². The van der Waals surface area contributed by atoms with Gasteiger partial charge in [0.2, 0.25) is 5.91 Å². The first kappa shape index (κ1) is 25.5. The van der Waals surface area contributed by atoms with E-state index in [-0.39, 0.29) is 18.3 Å². The van der Waals surface area contributed by atoms with Gasteiger partial charge in [0.15, 0.2) is 11.0 Å². The molecule has 1 N–H and O–H groups in total. The first-order chi connectivity index (χ1) is 16.2. The lowest BCUT2D eigenvalue weighted by molar-refractivity contribution is -0.113. The summed E-state index contributed by atoms with van der Waals surface area (Å²) in [6.45, 7) is 12.3. The fourth-order valence-corrected chi connectivity index (χ4v) is 5.14. The molecule has 1 aromatic carbocycles. The predicted molar refractivity (Wildman–Crippen MR) is 135 cm³/mol. The Morgan fingerprint density at radius 3 is 2.68 bits per heavy atom. The second-order valence-corrected chi connectivity index (χ2v) is 9.84. The van der Waals surface area contributed by atoms with Crippen molar-refractivity contribution < 1.29 is 19.1 Å². The number of esters is 1. The van der Waals surface area contributed by atoms with Crippen molar-refractivity contribution in [2.24, 2.45) is 0 Å². The Labute approximate surface area is 207 Å². The van der Waals surface area contributed by atoms with Gasteiger partial charge in [-0.15, -0.1) is 28.1 Å². The van der Waals surface area contributed by atoms with Crippen molar-refractivity contribution in [2.45, 2.75) is 46.0 Å². The number of methoxy groups -OCH3 is 1. The maximum atomic E-state index is 12.6. The summed E-state index contributed by atoms with van der Waals surface area (Å²) in [7, 11) is 1.32. The molecule has 3 aromatic rings. The van der Waals surface area contributed by atoms with Crippen molar-refractivity contribution in [3.8, 4) is 5.75 Å². The first-order valence-corrected chi connectivity index (χ1v) is 12.4. The number of aromatic nitrogens is 3. The lowest BCUT2D eigenvalue weighted by Crippen LogP contribution is -2.16. The third kappa shape index (κ3) is 5.87. The van der Waals surface area contributed by atoms with Gasteiger partial charge in [0.25, 0.3) is 0 Å². The van der Waals surface area contributed by atoms with Gasteiger partial charge in [0.05, 0.1) is 18.4 Å². The number of thioether (sulfide) groups is 1. The average molecular weight is 501 g/mol. The average Bonchev–Trinajstić information content (AvgIpc) is 3.31. The zero-order chi connectivity index (χ0) is 24.8. The normalized spacial score (nSPS) is 10.7. The van der Waals surface area contributed by atoms with Crippen molar-refractivity contribution in [1.29, 1.82) is 0 Å². The number of hydrogen-bond donors (Lipinski definition) is 1. The smallest absolute Gasteiger partial charge is 0.341 e. The second-order valence-electron chi connectivity index (χ2n) is 7.67. The molecule has 0 saturated heterocycles. The Morgan fingerprint density at radius 1 is 1.24 bits per heavy atom. The number of carbonyl (C=O) groups excluding carboxylic acids is 2. The molecule has 2 aromatic heterocycles. The van der Waals surface area contributed by atoms with E-state index in [1.165, 1.54) is 35.8 Å². The van der Waals surface area contributed by atoms with E-state index >= 15 is 0 Å². The Kier molecular flexibility index (Phi) is 8.51. The number of rotatable bonds is 10. The van der Waals surface area contributed by atoms with Gasteiger partial charge in [-0.2, -0.15) is 0 Å². The Morgan fingerprint density at radius 2 is 2.00 bits per heavy atom. The Balaban J connectivity index is 1.67. The van der Waals surface area contributed by atoms with E-state index < -0.39 is 5.97 Å². The van der Waals surface area contributed by atoms with Gasteiger partial charge < -0.3 is 14.8 Å². The van der Waals surface area contributed by atoms with Crippen LogP contribution in [0.1, 0.15) is 37.7 Å². The van der Waals surface area contributed by atoms with Crippen LogP contribution < -0.4 is 10.1 Å². The van der Waals surface area contributed by atoms with Crippen LogP contribution in [0, 0.1) is 27.7 Å². The largest absolute Gasteiger partial charge is 0.485 e. The quantitative estimate of drug-likeness (QED) is 0.241. The lowest BCUT2D eigenvalue weighted by atomic mass is 10.1. The van der Waals surface area contributed by atoms with Gasteiger partial charge in [-0.1, -0.05) is 35.5 Å². The van der Waals surface area contributed by atoms with Crippen LogP contribution in [0.15, 0.2) is 36.0 Å². The van der Waals surface area contributed by atoms with Gasteiger partial charge in [0.1, 0.15) is 17.4 Å². The highest BCUT2D eigenvalue weighted by molar-refractivity contribution is 7.99. The van der Waals surface area contributed by atoms with Crippen LogP contribution >= 0.6 is 23.1 Å². The van der Waals surface area contributed by atoms with Crippen molar-refractivity contribution in [3.05, 3.63) is 63.8 Å². The standard InChI is InChI=1S/C24H28N4O4S2/c1-7-10-28-19(12-32-18-9-8-14(2)11-15(18)3)26-27-24(28)33-13-20(29)25-22-21(23(30)31-6)16(4)17(5)34-22/h7-9,11H,1,10,12-13H2,2-6H3,(H,25,29). The molecule has 0 radical (unpaired) electrons. The molecule has 1 amide bonds. The molecule has 3 rings (SSSR count). The van der Waals surface area contributed by atoms with Crippen LogP contribution in [0.25, 0.3) is 0 Å². The Bertz CT molecular complexity index is 1220. The van der Waals surface area contributed by atoms with Gasteiger partial charge in [-0.25, -0.2) is 4.79 Å². The van der Waals surface area contributed by atoms with E-state index in [9.17, 15) is 9.59 Å². The fraction of sp³-hybridized carbons (Fsp3) is 0.333. The summed E-state index contributed by atoms with van der Waals surface area (Å²) in [6.07, 6.45) is 1.74. The predicted octanol–water partition coefficient (Wildman–Crippen LogP) is 4.86. The lowest BCUT2D eigenvalue weighted by Gasteiger charge is -2.11. The summed E-state index contributed by atoms with van der Waals surface area (Å²) in [5.41, 5.74) is 3.41. The number of thiophene rings is 1. The minimum absolute atomic E-state index is 0.101. The second kappa shape index (κ2) is 11.3. The van der Waals surface area contributed by atoms with E-state index in [2.05, 4.69) is 28.2 Å². The molecule has 10 heteroatoms. The number of hydrogen-bond acceptors (Lipinski definition) is 8. The summed E-state index contributed by atoms with van der Waals surface area (Å²) in [5.74, 6) is 0.807. The van der Waals surface area contributed by atoms with E-state index in [1.54, 1.807) is 6.08 Å². The number of benzene rings is 1. The molecule has 2 heterocycles. The van der Waals surface area contributed by atoms with Crippen LogP contribution in [0.2, 0.25) is 0 Å². The summed E-state index contributed by atoms with van der Waals surface area (Å²) < 4.78 is 12.7. The minimum Gasteiger partial charge on any atom is -0.485 e. The summed E-state index contributed by atoms with van der Waals surface area (Å²) >= 11 is 2.61. The third-order valence-electron chi connectivity index (χ3n) is 5.15. The molecule has 0 aliphatic heterocycles. The van der Waals surface area contributed by atoms with Crippen molar-refractivity contribution in [2.75, 3.05) is 18.2 Å². The summed E-state index contributed by atoms with van der Waals surface area (Å²) in [5, 5.41) is 12.4. The number of carbonyl (C=O) groups is 2. The SMILES string of the molecule is C=CCn1c(COc2ccc(C)cc2C)nnc1SCC(=O)Nc1sc(C)c(C)c1C(=O)OC. The first-order valence-electron chi connectivity index (χ1n) is 10.6. The zero-order valence-corrected chi connectivity index (χ0v) is 21.6. The van der Waals surface area contributed by atoms with E-state index in [0.29, 0.717) is 28.1 Å². The maximum Gasteiger partial charge on any atom is 0.341 e. The van der Waals surface area contributed by atoms with Crippen LogP contribution in [-0.2, 0) is 22.7 Å². The van der Waals surface area contributed by atoms with Crippen molar-refractivity contribution >= 4 is 40.0 Å². The highest BCUT2D eigenvalue weighted by atomic mass is 32.2. The molecule has 0 fully saturated rings. The highest BCUT2D eigenvalue weighted by Crippen LogP contribution is 2.33. The number of anilines is 1. The summed E-state index contributed by atoms with van der Waals surface area (Å²) in [6, 6.07) is 6.00.